The number of thiazole rings is 1. The van der Waals surface area contributed by atoms with Gasteiger partial charge in [0.15, 0.2) is 0 Å². The number of aromatic nitrogens is 2. The molecule has 0 bridgehead atoms. The number of piperazine rings is 1. The molecule has 0 aliphatic carbocycles. The Morgan fingerprint density at radius 1 is 1.15 bits per heavy atom. The van der Waals surface area contributed by atoms with Gasteiger partial charge in [0.05, 0.1) is 13.3 Å². The van der Waals surface area contributed by atoms with Crippen LogP contribution in [-0.4, -0.2) is 38.3 Å². The van der Waals surface area contributed by atoms with Crippen LogP contribution < -0.4 is 19.5 Å². The van der Waals surface area contributed by atoms with E-state index < -0.39 is 0 Å². The molecule has 0 amide bonds. The van der Waals surface area contributed by atoms with Gasteiger partial charge < -0.3 is 9.64 Å². The number of benzene rings is 1. The summed E-state index contributed by atoms with van der Waals surface area (Å²) in [6.07, 6.45) is 1.99. The zero-order valence-corrected chi connectivity index (χ0v) is 15.8. The number of nitrogens with zero attached hydrogens (tertiary/aromatic N) is 2. The van der Waals surface area contributed by atoms with Crippen LogP contribution in [0.5, 0.6) is 5.75 Å². The average molecular weight is 369 g/mol. The fraction of sp³-hybridized carbons (Fsp3) is 0.300. The van der Waals surface area contributed by atoms with Gasteiger partial charge in [-0.05, 0) is 30.3 Å². The van der Waals surface area contributed by atoms with Gasteiger partial charge in [0, 0.05) is 17.0 Å². The van der Waals surface area contributed by atoms with E-state index in [1.807, 2.05) is 24.4 Å². The Labute approximate surface area is 157 Å². The van der Waals surface area contributed by atoms with Crippen molar-refractivity contribution in [1.82, 2.24) is 4.98 Å². The Morgan fingerprint density at radius 2 is 1.96 bits per heavy atom. The molecule has 0 radical (unpaired) electrons. The Kier molecular flexibility index (Phi) is 5.13. The lowest BCUT2D eigenvalue weighted by Gasteiger charge is -2.27. The minimum Gasteiger partial charge on any atom is -0.497 e. The van der Waals surface area contributed by atoms with Crippen molar-refractivity contribution >= 4 is 17.2 Å². The Hall–Kier alpha value is -2.44. The molecule has 26 heavy (non-hydrogen) atoms. The first kappa shape index (κ1) is 17.0. The molecule has 2 aromatic heterocycles. The molecular formula is C20H24N4OS+2. The largest absolute Gasteiger partial charge is 0.497 e. The van der Waals surface area contributed by atoms with Gasteiger partial charge in [0.25, 0.3) is 5.82 Å². The SMILES string of the molecule is COc1ccc(-c2nc(C[NH+]3CCN(c4cccc[nH+]4)CC3)cs2)cc1. The number of hydrogen-bond acceptors (Lipinski definition) is 4. The minimum absolute atomic E-state index is 0.878. The highest BCUT2D eigenvalue weighted by atomic mass is 32.1. The minimum atomic E-state index is 0.878. The van der Waals surface area contributed by atoms with Gasteiger partial charge in [0.1, 0.15) is 49.2 Å². The van der Waals surface area contributed by atoms with Gasteiger partial charge in [-0.3, -0.25) is 4.90 Å². The molecule has 4 rings (SSSR count). The van der Waals surface area contributed by atoms with Crippen LogP contribution in [0.25, 0.3) is 10.6 Å². The van der Waals surface area contributed by atoms with Gasteiger partial charge in [-0.15, -0.1) is 11.3 Å². The predicted octanol–water partition coefficient (Wildman–Crippen LogP) is 1.54. The fourth-order valence-corrected chi connectivity index (χ4v) is 4.16. The second-order valence-corrected chi connectivity index (χ2v) is 7.39. The van der Waals surface area contributed by atoms with E-state index in [4.69, 9.17) is 9.72 Å². The van der Waals surface area contributed by atoms with Crippen molar-refractivity contribution in [1.29, 1.82) is 0 Å². The lowest BCUT2D eigenvalue weighted by atomic mass is 10.2. The zero-order valence-electron chi connectivity index (χ0n) is 14.9. The number of ether oxygens (including phenoxy) is 1. The van der Waals surface area contributed by atoms with E-state index in [9.17, 15) is 0 Å². The maximum Gasteiger partial charge on any atom is 0.274 e. The van der Waals surface area contributed by atoms with E-state index >= 15 is 0 Å². The van der Waals surface area contributed by atoms with E-state index in [2.05, 4.69) is 39.5 Å². The summed E-state index contributed by atoms with van der Waals surface area (Å²) in [5.41, 5.74) is 2.34. The average Bonchev–Trinajstić information content (AvgIpc) is 3.18. The van der Waals surface area contributed by atoms with E-state index in [1.54, 1.807) is 23.3 Å². The van der Waals surface area contributed by atoms with Crippen molar-refractivity contribution in [2.75, 3.05) is 38.2 Å². The lowest BCUT2D eigenvalue weighted by molar-refractivity contribution is -0.914. The molecule has 0 unspecified atom stereocenters. The fourth-order valence-electron chi connectivity index (χ4n) is 3.33. The molecule has 1 fully saturated rings. The number of pyridine rings is 1. The first-order valence-electron chi connectivity index (χ1n) is 8.96. The first-order valence-corrected chi connectivity index (χ1v) is 9.84. The number of aromatic amines is 1. The molecule has 1 aliphatic rings. The quantitative estimate of drug-likeness (QED) is 0.743. The second-order valence-electron chi connectivity index (χ2n) is 6.53. The molecule has 0 saturated carbocycles. The van der Waals surface area contributed by atoms with Gasteiger partial charge in [-0.25, -0.2) is 9.97 Å². The molecule has 1 aromatic carbocycles. The highest BCUT2D eigenvalue weighted by molar-refractivity contribution is 7.13. The van der Waals surface area contributed by atoms with Gasteiger partial charge in [-0.1, -0.05) is 6.07 Å². The predicted molar refractivity (Wildman–Crippen MR) is 104 cm³/mol. The lowest BCUT2D eigenvalue weighted by Crippen LogP contribution is -3.13. The van der Waals surface area contributed by atoms with Crippen molar-refractivity contribution in [2.24, 2.45) is 0 Å². The molecule has 2 N–H and O–H groups in total. The Bertz CT molecular complexity index is 827. The van der Waals surface area contributed by atoms with Crippen molar-refractivity contribution < 1.29 is 14.6 Å². The van der Waals surface area contributed by atoms with Gasteiger partial charge >= 0.3 is 0 Å². The molecule has 1 aliphatic heterocycles. The number of hydrogen-bond donors (Lipinski definition) is 1. The normalized spacial score (nSPS) is 15.2. The van der Waals surface area contributed by atoms with Gasteiger partial charge in [0.2, 0.25) is 0 Å². The third kappa shape index (κ3) is 3.86. The Morgan fingerprint density at radius 3 is 2.65 bits per heavy atom. The first-order chi connectivity index (χ1) is 12.8. The zero-order chi connectivity index (χ0) is 17.8. The summed E-state index contributed by atoms with van der Waals surface area (Å²) >= 11 is 1.72. The maximum atomic E-state index is 5.22. The van der Waals surface area contributed by atoms with Crippen molar-refractivity contribution in [2.45, 2.75) is 6.54 Å². The number of rotatable bonds is 5. The molecule has 3 heterocycles. The van der Waals surface area contributed by atoms with Crippen molar-refractivity contribution in [3.63, 3.8) is 0 Å². The highest BCUT2D eigenvalue weighted by Gasteiger charge is 2.26. The second kappa shape index (κ2) is 7.85. The summed E-state index contributed by atoms with van der Waals surface area (Å²) in [7, 11) is 1.69. The van der Waals surface area contributed by atoms with Crippen LogP contribution in [0.4, 0.5) is 5.82 Å². The van der Waals surface area contributed by atoms with Crippen LogP contribution in [-0.2, 0) is 6.54 Å². The number of methoxy groups -OCH3 is 1. The van der Waals surface area contributed by atoms with Crippen molar-refractivity contribution in [3.05, 3.63) is 59.7 Å². The molecule has 0 atom stereocenters. The van der Waals surface area contributed by atoms with Crippen LogP contribution in [0.1, 0.15) is 5.69 Å². The van der Waals surface area contributed by atoms with E-state index in [0.717, 1.165) is 49.0 Å². The number of H-pyrrole nitrogens is 1. The van der Waals surface area contributed by atoms with E-state index in [0.29, 0.717) is 0 Å². The number of quaternary nitrogens is 1. The van der Waals surface area contributed by atoms with Crippen molar-refractivity contribution in [3.8, 4) is 16.3 Å². The third-order valence-electron chi connectivity index (χ3n) is 4.82. The topological polar surface area (TPSA) is 43.9 Å². The summed E-state index contributed by atoms with van der Waals surface area (Å²) in [6.45, 7) is 5.42. The molecule has 134 valence electrons. The van der Waals surface area contributed by atoms with Crippen LogP contribution >= 0.6 is 11.3 Å². The highest BCUT2D eigenvalue weighted by Crippen LogP contribution is 2.25. The number of anilines is 1. The monoisotopic (exact) mass is 368 g/mol. The molecular weight excluding hydrogens is 344 g/mol. The summed E-state index contributed by atoms with van der Waals surface area (Å²) in [5, 5.41) is 3.28. The summed E-state index contributed by atoms with van der Waals surface area (Å²) in [4.78, 5) is 12.2. The summed E-state index contributed by atoms with van der Waals surface area (Å²) in [6, 6.07) is 14.4. The van der Waals surface area contributed by atoms with Crippen LogP contribution in [0.2, 0.25) is 0 Å². The van der Waals surface area contributed by atoms with Crippen LogP contribution in [0, 0.1) is 0 Å². The Balaban J connectivity index is 1.35. The molecule has 1 saturated heterocycles. The van der Waals surface area contributed by atoms with Crippen LogP contribution in [0.3, 0.4) is 0 Å². The van der Waals surface area contributed by atoms with E-state index in [-0.39, 0.29) is 0 Å². The standard InChI is InChI=1S/C20H22N4OS/c1-25-18-7-5-16(6-8-18)20-22-17(15-26-20)14-23-10-12-24(13-11-23)19-4-2-3-9-21-19/h2-9,15H,10-14H2,1H3/p+2. The maximum absolute atomic E-state index is 5.22. The third-order valence-corrected chi connectivity index (χ3v) is 5.76. The molecule has 5 nitrogen and oxygen atoms in total. The summed E-state index contributed by atoms with van der Waals surface area (Å²) < 4.78 is 5.22. The molecule has 0 spiro atoms. The smallest absolute Gasteiger partial charge is 0.274 e. The van der Waals surface area contributed by atoms with E-state index in [1.165, 1.54) is 11.5 Å². The number of nitrogens with one attached hydrogen (secondary N) is 2. The molecule has 3 aromatic rings. The van der Waals surface area contributed by atoms with Gasteiger partial charge in [-0.2, -0.15) is 0 Å². The molecule has 6 heteroatoms. The van der Waals surface area contributed by atoms with Crippen LogP contribution in [0.15, 0.2) is 54.0 Å². The summed E-state index contributed by atoms with van der Waals surface area (Å²) in [5.74, 6) is 2.09.